The van der Waals surface area contributed by atoms with Crippen LogP contribution in [0.15, 0.2) is 97.5 Å². The molecule has 0 spiro atoms. The van der Waals surface area contributed by atoms with Crippen molar-refractivity contribution in [3.63, 3.8) is 0 Å². The van der Waals surface area contributed by atoms with Gasteiger partial charge in [0, 0.05) is 6.54 Å². The maximum atomic E-state index is 5.17. The summed E-state index contributed by atoms with van der Waals surface area (Å²) >= 11 is 0. The summed E-state index contributed by atoms with van der Waals surface area (Å²) in [6.45, 7) is 15.5. The highest BCUT2D eigenvalue weighted by Gasteiger charge is 2.10. The second-order valence-corrected chi connectivity index (χ2v) is 5.49. The molecule has 156 valence electrons. The summed E-state index contributed by atoms with van der Waals surface area (Å²) in [6.07, 6.45) is 4.39. The van der Waals surface area contributed by atoms with Crippen molar-refractivity contribution in [2.75, 3.05) is 19.0 Å². The maximum Gasteiger partial charge on any atom is 0.168 e. The first-order valence-corrected chi connectivity index (χ1v) is 9.36. The Bertz CT molecular complexity index is 1160. The topological polar surface area (TPSA) is 64.9 Å². The SMILES string of the molecule is C=C.C=C=C=C=C=C=C=C.CCCNc1ncnc2c1cnn2-c1ccc(OC)cc1. The van der Waals surface area contributed by atoms with E-state index in [0.717, 1.165) is 41.3 Å². The molecule has 0 aliphatic heterocycles. The first-order valence-electron chi connectivity index (χ1n) is 9.36. The Kier molecular flexibility index (Phi) is 11.5. The van der Waals surface area contributed by atoms with E-state index in [-0.39, 0.29) is 0 Å². The van der Waals surface area contributed by atoms with Gasteiger partial charge in [-0.15, -0.1) is 13.2 Å². The molecule has 2 heterocycles. The molecule has 0 atom stereocenters. The van der Waals surface area contributed by atoms with Gasteiger partial charge >= 0.3 is 0 Å². The molecule has 2 aromatic heterocycles. The molecule has 0 aliphatic carbocycles. The molecule has 0 fully saturated rings. The summed E-state index contributed by atoms with van der Waals surface area (Å²) in [6, 6.07) is 7.71. The van der Waals surface area contributed by atoms with Crippen LogP contribution >= 0.6 is 0 Å². The average molecular weight is 412 g/mol. The molecule has 6 nitrogen and oxygen atoms in total. The van der Waals surface area contributed by atoms with Gasteiger partial charge < -0.3 is 10.1 Å². The molecule has 0 saturated carbocycles. The highest BCUT2D eigenvalue weighted by Crippen LogP contribution is 2.22. The number of hydrogen-bond acceptors (Lipinski definition) is 5. The van der Waals surface area contributed by atoms with Gasteiger partial charge in [0.15, 0.2) is 5.65 Å². The van der Waals surface area contributed by atoms with Crippen LogP contribution in [-0.4, -0.2) is 33.4 Å². The normalized spacial score (nSPS) is 8.32. The number of anilines is 1. The predicted molar refractivity (Wildman–Crippen MR) is 126 cm³/mol. The fourth-order valence-corrected chi connectivity index (χ4v) is 2.29. The lowest BCUT2D eigenvalue weighted by Crippen LogP contribution is -2.03. The number of hydrogen-bond donors (Lipinski definition) is 1. The Labute approximate surface area is 182 Å². The van der Waals surface area contributed by atoms with Crippen LogP contribution in [0, 0.1) is 0 Å². The summed E-state index contributed by atoms with van der Waals surface area (Å²) < 4.78 is 6.97. The largest absolute Gasteiger partial charge is 0.497 e. The van der Waals surface area contributed by atoms with E-state index in [1.807, 2.05) is 24.3 Å². The standard InChI is InChI=1S/C15H17N5O.C8H4.C2H4/c1-3-8-16-14-13-9-19-20(15(13)18-10-17-14)11-4-6-12(21-2)7-5-11;1-3-5-7-8-6-4-2;1-2/h4-7,9-10H,3,8H2,1-2H3,(H,16,17,18);1-2H2;1-2H2. The van der Waals surface area contributed by atoms with Gasteiger partial charge in [0.1, 0.15) is 17.9 Å². The Hall–Kier alpha value is -4.47. The van der Waals surface area contributed by atoms with Crippen LogP contribution in [0.2, 0.25) is 0 Å². The van der Waals surface area contributed by atoms with Gasteiger partial charge in [-0.3, -0.25) is 0 Å². The minimum absolute atomic E-state index is 0.786. The second-order valence-electron chi connectivity index (χ2n) is 5.49. The molecular weight excluding hydrogens is 386 g/mol. The van der Waals surface area contributed by atoms with E-state index < -0.39 is 0 Å². The van der Waals surface area contributed by atoms with Crippen LogP contribution in [0.25, 0.3) is 16.7 Å². The Morgan fingerprint density at radius 2 is 1.65 bits per heavy atom. The quantitative estimate of drug-likeness (QED) is 0.463. The first kappa shape index (κ1) is 24.6. The van der Waals surface area contributed by atoms with Gasteiger partial charge in [0.2, 0.25) is 0 Å². The second kappa shape index (κ2) is 14.5. The lowest BCUT2D eigenvalue weighted by Gasteiger charge is -2.06. The van der Waals surface area contributed by atoms with E-state index >= 15 is 0 Å². The predicted octanol–water partition coefficient (Wildman–Crippen LogP) is 5.18. The van der Waals surface area contributed by atoms with Crippen molar-refractivity contribution in [1.82, 2.24) is 19.7 Å². The third-order valence-electron chi connectivity index (χ3n) is 3.59. The number of rotatable bonds is 5. The summed E-state index contributed by atoms with van der Waals surface area (Å²) in [5, 5.41) is 8.64. The minimum Gasteiger partial charge on any atom is -0.497 e. The van der Waals surface area contributed by atoms with Crippen molar-refractivity contribution >= 4 is 16.9 Å². The van der Waals surface area contributed by atoms with Crippen molar-refractivity contribution in [2.24, 2.45) is 0 Å². The lowest BCUT2D eigenvalue weighted by atomic mass is 10.3. The summed E-state index contributed by atoms with van der Waals surface area (Å²) in [7, 11) is 1.65. The Morgan fingerprint density at radius 3 is 2.19 bits per heavy atom. The lowest BCUT2D eigenvalue weighted by molar-refractivity contribution is 0.414. The first-order chi connectivity index (χ1) is 15.2. The molecule has 31 heavy (non-hydrogen) atoms. The molecule has 0 unspecified atom stereocenters. The molecule has 0 radical (unpaired) electrons. The van der Waals surface area contributed by atoms with E-state index in [1.54, 1.807) is 24.3 Å². The third kappa shape index (κ3) is 7.46. The number of aromatic nitrogens is 4. The molecular formula is C25H25N5O. The summed E-state index contributed by atoms with van der Waals surface area (Å²) in [4.78, 5) is 8.63. The van der Waals surface area contributed by atoms with E-state index in [2.05, 4.69) is 88.0 Å². The molecule has 1 aromatic carbocycles. The van der Waals surface area contributed by atoms with Crippen LogP contribution in [-0.2, 0) is 0 Å². The van der Waals surface area contributed by atoms with Gasteiger partial charge in [0.25, 0.3) is 0 Å². The van der Waals surface area contributed by atoms with E-state index in [4.69, 9.17) is 4.74 Å². The summed E-state index contributed by atoms with van der Waals surface area (Å²) in [5.74, 6) is 1.64. The zero-order valence-corrected chi connectivity index (χ0v) is 17.9. The van der Waals surface area contributed by atoms with Gasteiger partial charge in [-0.1, -0.05) is 18.4 Å². The summed E-state index contributed by atoms with van der Waals surface area (Å²) in [5.41, 5.74) is 16.2. The molecule has 0 bridgehead atoms. The van der Waals surface area contributed by atoms with Crippen molar-refractivity contribution in [3.05, 3.63) is 97.5 Å². The van der Waals surface area contributed by atoms with E-state index in [0.29, 0.717) is 0 Å². The zero-order valence-electron chi connectivity index (χ0n) is 17.9. The number of nitrogens with zero attached hydrogens (tertiary/aromatic N) is 4. The van der Waals surface area contributed by atoms with Gasteiger partial charge in [-0.25, -0.2) is 14.6 Å². The van der Waals surface area contributed by atoms with Crippen molar-refractivity contribution < 1.29 is 4.74 Å². The van der Waals surface area contributed by atoms with Crippen LogP contribution in [0.3, 0.4) is 0 Å². The van der Waals surface area contributed by atoms with Crippen LogP contribution in [0.4, 0.5) is 5.82 Å². The van der Waals surface area contributed by atoms with Gasteiger partial charge in [-0.2, -0.15) is 5.10 Å². The van der Waals surface area contributed by atoms with Gasteiger partial charge in [0.05, 0.1) is 24.4 Å². The third-order valence-corrected chi connectivity index (χ3v) is 3.59. The fourth-order valence-electron chi connectivity index (χ4n) is 2.29. The number of methoxy groups -OCH3 is 1. The van der Waals surface area contributed by atoms with Crippen LogP contribution in [0.1, 0.15) is 13.3 Å². The molecule has 0 aliphatic rings. The molecule has 3 rings (SSSR count). The number of nitrogens with one attached hydrogen (secondary N) is 1. The molecule has 0 amide bonds. The molecule has 6 heteroatoms. The molecule has 0 saturated heterocycles. The van der Waals surface area contributed by atoms with Crippen molar-refractivity contribution in [3.8, 4) is 11.4 Å². The molecule has 1 N–H and O–H groups in total. The highest BCUT2D eigenvalue weighted by molar-refractivity contribution is 5.87. The molecule has 3 aromatic rings. The number of benzene rings is 1. The van der Waals surface area contributed by atoms with Crippen LogP contribution in [0.5, 0.6) is 5.75 Å². The van der Waals surface area contributed by atoms with Crippen molar-refractivity contribution in [2.45, 2.75) is 13.3 Å². The van der Waals surface area contributed by atoms with E-state index in [1.165, 1.54) is 0 Å². The zero-order chi connectivity index (χ0) is 22.9. The van der Waals surface area contributed by atoms with Crippen LogP contribution < -0.4 is 10.1 Å². The minimum atomic E-state index is 0.786. The van der Waals surface area contributed by atoms with E-state index in [9.17, 15) is 0 Å². The number of fused-ring (bicyclic) bond motifs is 1. The smallest absolute Gasteiger partial charge is 0.168 e. The van der Waals surface area contributed by atoms with Crippen molar-refractivity contribution in [1.29, 1.82) is 0 Å². The Morgan fingerprint density at radius 1 is 1.00 bits per heavy atom. The van der Waals surface area contributed by atoms with Gasteiger partial charge in [-0.05, 0) is 66.8 Å². The Balaban J connectivity index is 0.000000409. The average Bonchev–Trinajstić information content (AvgIpc) is 3.27. The number of ether oxygens (including phenoxy) is 1. The maximum absolute atomic E-state index is 5.17. The highest BCUT2D eigenvalue weighted by atomic mass is 16.5. The fraction of sp³-hybridized carbons (Fsp3) is 0.160. The monoisotopic (exact) mass is 411 g/mol.